The Hall–Kier alpha value is -1.55. The minimum absolute atomic E-state index is 0.0126. The van der Waals surface area contributed by atoms with E-state index in [9.17, 15) is 4.79 Å². The first-order chi connectivity index (χ1) is 10.3. The molecule has 1 amide bonds. The molecule has 0 saturated heterocycles. The molecule has 0 spiro atoms. The largest absolute Gasteiger partial charge is 0.484 e. The van der Waals surface area contributed by atoms with Gasteiger partial charge in [0.1, 0.15) is 5.75 Å². The smallest absolute Gasteiger partial charge is 0.258 e. The summed E-state index contributed by atoms with van der Waals surface area (Å²) in [6.07, 6.45) is 7.27. The summed E-state index contributed by atoms with van der Waals surface area (Å²) in [5.74, 6) is 0.744. The molecule has 0 radical (unpaired) electrons. The lowest BCUT2D eigenvalue weighted by atomic mass is 10.2. The second kappa shape index (κ2) is 6.94. The monoisotopic (exact) mass is 288 g/mol. The number of rotatable bonds is 7. The van der Waals surface area contributed by atoms with Gasteiger partial charge in [0.2, 0.25) is 0 Å². The van der Waals surface area contributed by atoms with Gasteiger partial charge in [-0.15, -0.1) is 0 Å². The van der Waals surface area contributed by atoms with Crippen LogP contribution in [0.2, 0.25) is 0 Å². The fourth-order valence-electron chi connectivity index (χ4n) is 2.74. The highest BCUT2D eigenvalue weighted by molar-refractivity contribution is 5.77. The van der Waals surface area contributed by atoms with Gasteiger partial charge in [-0.25, -0.2) is 0 Å². The van der Waals surface area contributed by atoms with Crippen molar-refractivity contribution in [3.63, 3.8) is 0 Å². The maximum absolute atomic E-state index is 11.8. The Kier molecular flexibility index (Phi) is 4.76. The zero-order valence-electron chi connectivity index (χ0n) is 12.4. The van der Waals surface area contributed by atoms with Crippen molar-refractivity contribution >= 4 is 5.91 Å². The SMILES string of the molecule is O=C(COc1ccc(CNC2CC2)cc1)NC1CCCC1. The fourth-order valence-corrected chi connectivity index (χ4v) is 2.74. The van der Waals surface area contributed by atoms with Crippen LogP contribution in [-0.2, 0) is 11.3 Å². The maximum Gasteiger partial charge on any atom is 0.258 e. The third kappa shape index (κ3) is 4.74. The summed E-state index contributed by atoms with van der Waals surface area (Å²) < 4.78 is 5.54. The summed E-state index contributed by atoms with van der Waals surface area (Å²) in [5, 5.41) is 6.50. The number of amides is 1. The van der Waals surface area contributed by atoms with Gasteiger partial charge in [0, 0.05) is 18.6 Å². The average Bonchev–Trinajstić information content (AvgIpc) is 3.20. The molecule has 0 aromatic heterocycles. The topological polar surface area (TPSA) is 50.4 Å². The number of nitrogens with one attached hydrogen (secondary N) is 2. The Morgan fingerprint density at radius 3 is 2.43 bits per heavy atom. The van der Waals surface area contributed by atoms with Crippen molar-refractivity contribution in [2.45, 2.75) is 57.2 Å². The van der Waals surface area contributed by atoms with Gasteiger partial charge < -0.3 is 15.4 Å². The van der Waals surface area contributed by atoms with Crippen LogP contribution in [0, 0.1) is 0 Å². The van der Waals surface area contributed by atoms with Crippen LogP contribution in [0.4, 0.5) is 0 Å². The number of benzene rings is 1. The molecule has 0 bridgehead atoms. The minimum atomic E-state index is -0.0126. The number of carbonyl (C=O) groups excluding carboxylic acids is 1. The van der Waals surface area contributed by atoms with Crippen molar-refractivity contribution in [1.29, 1.82) is 0 Å². The lowest BCUT2D eigenvalue weighted by Gasteiger charge is -2.12. The van der Waals surface area contributed by atoms with Crippen molar-refractivity contribution in [1.82, 2.24) is 10.6 Å². The molecule has 2 saturated carbocycles. The van der Waals surface area contributed by atoms with Gasteiger partial charge in [-0.1, -0.05) is 25.0 Å². The van der Waals surface area contributed by atoms with Crippen LogP contribution in [0.5, 0.6) is 5.75 Å². The van der Waals surface area contributed by atoms with Crippen LogP contribution in [0.3, 0.4) is 0 Å². The molecule has 0 aliphatic heterocycles. The third-order valence-corrected chi connectivity index (χ3v) is 4.19. The Bertz CT molecular complexity index is 462. The number of carbonyl (C=O) groups is 1. The van der Waals surface area contributed by atoms with Crippen molar-refractivity contribution in [3.05, 3.63) is 29.8 Å². The molecule has 2 aliphatic carbocycles. The first-order valence-corrected chi connectivity index (χ1v) is 8.04. The first-order valence-electron chi connectivity index (χ1n) is 8.04. The van der Waals surface area contributed by atoms with Crippen LogP contribution in [0.25, 0.3) is 0 Å². The Labute approximate surface area is 126 Å². The van der Waals surface area contributed by atoms with Crippen molar-refractivity contribution in [3.8, 4) is 5.75 Å². The second-order valence-corrected chi connectivity index (χ2v) is 6.14. The van der Waals surface area contributed by atoms with Crippen LogP contribution in [0.15, 0.2) is 24.3 Å². The van der Waals surface area contributed by atoms with E-state index in [1.54, 1.807) is 0 Å². The van der Waals surface area contributed by atoms with Crippen LogP contribution in [-0.4, -0.2) is 24.6 Å². The second-order valence-electron chi connectivity index (χ2n) is 6.14. The van der Waals surface area contributed by atoms with E-state index in [2.05, 4.69) is 22.8 Å². The molecular weight excluding hydrogens is 264 g/mol. The zero-order valence-corrected chi connectivity index (χ0v) is 12.4. The average molecular weight is 288 g/mol. The molecule has 2 fully saturated rings. The summed E-state index contributed by atoms with van der Waals surface area (Å²) in [6.45, 7) is 1.02. The lowest BCUT2D eigenvalue weighted by molar-refractivity contribution is -0.123. The standard InChI is InChI=1S/C17H24N2O2/c20-17(19-15-3-1-2-4-15)12-21-16-9-5-13(6-10-16)11-18-14-7-8-14/h5-6,9-10,14-15,18H,1-4,7-8,11-12H2,(H,19,20). The van der Waals surface area contributed by atoms with E-state index in [4.69, 9.17) is 4.74 Å². The summed E-state index contributed by atoms with van der Waals surface area (Å²) in [4.78, 5) is 11.8. The molecule has 0 atom stereocenters. The highest BCUT2D eigenvalue weighted by atomic mass is 16.5. The molecule has 4 heteroatoms. The van der Waals surface area contributed by atoms with Crippen molar-refractivity contribution < 1.29 is 9.53 Å². The highest BCUT2D eigenvalue weighted by Crippen LogP contribution is 2.20. The van der Waals surface area contributed by atoms with Crippen LogP contribution >= 0.6 is 0 Å². The third-order valence-electron chi connectivity index (χ3n) is 4.19. The summed E-state index contributed by atoms with van der Waals surface area (Å²) in [5.41, 5.74) is 1.25. The van der Waals surface area contributed by atoms with Crippen molar-refractivity contribution in [2.75, 3.05) is 6.61 Å². The van der Waals surface area contributed by atoms with Crippen molar-refractivity contribution in [2.24, 2.45) is 0 Å². The number of hydrogen-bond donors (Lipinski definition) is 2. The van der Waals surface area contributed by atoms with E-state index in [0.717, 1.165) is 31.2 Å². The maximum atomic E-state index is 11.8. The van der Waals surface area contributed by atoms with E-state index in [1.807, 2.05) is 12.1 Å². The molecule has 21 heavy (non-hydrogen) atoms. The van der Waals surface area contributed by atoms with Gasteiger partial charge in [0.15, 0.2) is 6.61 Å². The van der Waals surface area contributed by atoms with Gasteiger partial charge in [0.25, 0.3) is 5.91 Å². The summed E-state index contributed by atoms with van der Waals surface area (Å²) >= 11 is 0. The van der Waals surface area contributed by atoms with Crippen LogP contribution in [0.1, 0.15) is 44.1 Å². The Morgan fingerprint density at radius 1 is 1.05 bits per heavy atom. The molecular formula is C17H24N2O2. The molecule has 2 aliphatic rings. The summed E-state index contributed by atoms with van der Waals surface area (Å²) in [7, 11) is 0. The van der Waals surface area contributed by atoms with E-state index >= 15 is 0 Å². The molecule has 1 aromatic rings. The minimum Gasteiger partial charge on any atom is -0.484 e. The molecule has 2 N–H and O–H groups in total. The van der Waals surface area contributed by atoms with E-state index in [1.165, 1.54) is 31.2 Å². The first kappa shape index (κ1) is 14.4. The Balaban J connectivity index is 1.38. The zero-order chi connectivity index (χ0) is 14.5. The van der Waals surface area contributed by atoms with Gasteiger partial charge in [-0.3, -0.25) is 4.79 Å². The predicted molar refractivity (Wildman–Crippen MR) is 82.2 cm³/mol. The van der Waals surface area contributed by atoms with E-state index in [0.29, 0.717) is 6.04 Å². The number of hydrogen-bond acceptors (Lipinski definition) is 3. The van der Waals surface area contributed by atoms with Crippen LogP contribution < -0.4 is 15.4 Å². The summed E-state index contributed by atoms with van der Waals surface area (Å²) in [6, 6.07) is 9.07. The van der Waals surface area contributed by atoms with E-state index in [-0.39, 0.29) is 12.5 Å². The molecule has 114 valence electrons. The normalized spacial score (nSPS) is 18.7. The van der Waals surface area contributed by atoms with Gasteiger partial charge in [-0.05, 0) is 43.4 Å². The van der Waals surface area contributed by atoms with Gasteiger partial charge in [-0.2, -0.15) is 0 Å². The molecule has 4 nitrogen and oxygen atoms in total. The number of ether oxygens (including phenoxy) is 1. The van der Waals surface area contributed by atoms with Gasteiger partial charge >= 0.3 is 0 Å². The highest BCUT2D eigenvalue weighted by Gasteiger charge is 2.20. The quantitative estimate of drug-likeness (QED) is 0.810. The lowest BCUT2D eigenvalue weighted by Crippen LogP contribution is -2.36. The van der Waals surface area contributed by atoms with Gasteiger partial charge in [0.05, 0.1) is 0 Å². The Morgan fingerprint density at radius 2 is 1.76 bits per heavy atom. The molecule has 0 heterocycles. The fraction of sp³-hybridized carbons (Fsp3) is 0.588. The molecule has 3 rings (SSSR count). The van der Waals surface area contributed by atoms with E-state index < -0.39 is 0 Å². The predicted octanol–water partition coefficient (Wildman–Crippen LogP) is 2.38. The molecule has 0 unspecified atom stereocenters. The molecule has 1 aromatic carbocycles.